The van der Waals surface area contributed by atoms with Gasteiger partial charge in [0, 0.05) is 0 Å². The molecule has 0 saturated carbocycles. The van der Waals surface area contributed by atoms with E-state index in [1.54, 1.807) is 6.07 Å². The van der Waals surface area contributed by atoms with Gasteiger partial charge in [0.2, 0.25) is 0 Å². The summed E-state index contributed by atoms with van der Waals surface area (Å²) in [7, 11) is 0. The van der Waals surface area contributed by atoms with Gasteiger partial charge in [0.25, 0.3) is 0 Å². The zero-order chi connectivity index (χ0) is 10.8. The SMILES string of the molecule is CCC(C)C(C)(C)c1ccccc1O. The average Bonchev–Trinajstić information content (AvgIpc) is 2.17. The monoisotopic (exact) mass is 192 g/mol. The molecule has 0 aromatic heterocycles. The van der Waals surface area contributed by atoms with Crippen molar-refractivity contribution in [1.82, 2.24) is 0 Å². The Hall–Kier alpha value is -0.980. The third-order valence-electron chi connectivity index (χ3n) is 3.44. The summed E-state index contributed by atoms with van der Waals surface area (Å²) in [5.74, 6) is 0.980. The lowest BCUT2D eigenvalue weighted by molar-refractivity contribution is 0.321. The highest BCUT2D eigenvalue weighted by atomic mass is 16.3. The Balaban J connectivity index is 3.09. The molecule has 1 aromatic rings. The van der Waals surface area contributed by atoms with E-state index in [0.717, 1.165) is 12.0 Å². The van der Waals surface area contributed by atoms with E-state index in [1.165, 1.54) is 0 Å². The Kier molecular flexibility index (Phi) is 3.20. The molecule has 0 radical (unpaired) electrons. The second-order valence-corrected chi connectivity index (χ2v) is 4.55. The zero-order valence-corrected chi connectivity index (χ0v) is 9.54. The number of benzene rings is 1. The molecule has 0 aliphatic rings. The number of phenolic OH excluding ortho intramolecular Hbond substituents is 1. The molecule has 0 saturated heterocycles. The van der Waals surface area contributed by atoms with Crippen molar-refractivity contribution in [2.45, 2.75) is 39.5 Å². The van der Waals surface area contributed by atoms with E-state index in [0.29, 0.717) is 11.7 Å². The van der Waals surface area contributed by atoms with Crippen LogP contribution in [0.3, 0.4) is 0 Å². The minimum absolute atomic E-state index is 0.0418. The Morgan fingerprint density at radius 2 is 1.86 bits per heavy atom. The van der Waals surface area contributed by atoms with E-state index in [4.69, 9.17) is 0 Å². The van der Waals surface area contributed by atoms with Crippen LogP contribution in [0.2, 0.25) is 0 Å². The second kappa shape index (κ2) is 4.04. The maximum Gasteiger partial charge on any atom is 0.119 e. The van der Waals surface area contributed by atoms with Crippen LogP contribution in [0.1, 0.15) is 39.7 Å². The molecule has 0 amide bonds. The van der Waals surface area contributed by atoms with Gasteiger partial charge in [-0.25, -0.2) is 0 Å². The maximum atomic E-state index is 9.79. The molecule has 0 bridgehead atoms. The van der Waals surface area contributed by atoms with E-state index >= 15 is 0 Å². The molecule has 1 aromatic carbocycles. The first kappa shape index (κ1) is 11.1. The van der Waals surface area contributed by atoms with Crippen LogP contribution < -0.4 is 0 Å². The fraction of sp³-hybridized carbons (Fsp3) is 0.538. The highest BCUT2D eigenvalue weighted by molar-refractivity contribution is 5.37. The molecule has 0 aliphatic heterocycles. The first-order chi connectivity index (χ1) is 6.50. The molecule has 1 unspecified atom stereocenters. The smallest absolute Gasteiger partial charge is 0.119 e. The minimum atomic E-state index is 0.0418. The Bertz CT molecular complexity index is 302. The molecule has 1 N–H and O–H groups in total. The number of hydrogen-bond acceptors (Lipinski definition) is 1. The summed E-state index contributed by atoms with van der Waals surface area (Å²) in [6.07, 6.45) is 1.13. The largest absolute Gasteiger partial charge is 0.508 e. The molecular weight excluding hydrogens is 172 g/mol. The summed E-state index contributed by atoms with van der Waals surface area (Å²) in [5, 5.41) is 9.79. The van der Waals surface area contributed by atoms with Crippen LogP contribution in [0.25, 0.3) is 0 Å². The van der Waals surface area contributed by atoms with E-state index in [2.05, 4.69) is 27.7 Å². The lowest BCUT2D eigenvalue weighted by atomic mass is 9.73. The van der Waals surface area contributed by atoms with Crippen molar-refractivity contribution in [3.63, 3.8) is 0 Å². The van der Waals surface area contributed by atoms with Crippen molar-refractivity contribution in [3.05, 3.63) is 29.8 Å². The minimum Gasteiger partial charge on any atom is -0.508 e. The highest BCUT2D eigenvalue weighted by Gasteiger charge is 2.28. The number of phenols is 1. The predicted molar refractivity (Wildman–Crippen MR) is 60.6 cm³/mol. The molecule has 0 spiro atoms. The van der Waals surface area contributed by atoms with Crippen LogP contribution >= 0.6 is 0 Å². The van der Waals surface area contributed by atoms with Gasteiger partial charge < -0.3 is 5.11 Å². The first-order valence-corrected chi connectivity index (χ1v) is 5.28. The standard InChI is InChI=1S/C13H20O/c1-5-10(2)13(3,4)11-8-6-7-9-12(11)14/h6-10,14H,5H2,1-4H3. The van der Waals surface area contributed by atoms with Crippen molar-refractivity contribution >= 4 is 0 Å². The third kappa shape index (κ3) is 1.92. The van der Waals surface area contributed by atoms with Crippen LogP contribution in [0.15, 0.2) is 24.3 Å². The van der Waals surface area contributed by atoms with Gasteiger partial charge >= 0.3 is 0 Å². The predicted octanol–water partition coefficient (Wildman–Crippen LogP) is 3.72. The summed E-state index contributed by atoms with van der Waals surface area (Å²) in [6, 6.07) is 7.63. The quantitative estimate of drug-likeness (QED) is 0.774. The Morgan fingerprint density at radius 3 is 2.36 bits per heavy atom. The van der Waals surface area contributed by atoms with Crippen molar-refractivity contribution < 1.29 is 5.11 Å². The topological polar surface area (TPSA) is 20.2 Å². The zero-order valence-electron chi connectivity index (χ0n) is 9.54. The van der Waals surface area contributed by atoms with Crippen LogP contribution in [0.5, 0.6) is 5.75 Å². The average molecular weight is 192 g/mol. The van der Waals surface area contributed by atoms with Gasteiger partial charge in [-0.05, 0) is 23.0 Å². The van der Waals surface area contributed by atoms with Crippen molar-refractivity contribution in [2.75, 3.05) is 0 Å². The van der Waals surface area contributed by atoms with E-state index in [-0.39, 0.29) is 5.41 Å². The molecular formula is C13H20O. The molecule has 0 aliphatic carbocycles. The van der Waals surface area contributed by atoms with Crippen molar-refractivity contribution in [2.24, 2.45) is 5.92 Å². The van der Waals surface area contributed by atoms with Crippen molar-refractivity contribution in [1.29, 1.82) is 0 Å². The second-order valence-electron chi connectivity index (χ2n) is 4.55. The van der Waals surface area contributed by atoms with Gasteiger partial charge in [-0.15, -0.1) is 0 Å². The molecule has 1 heteroatoms. The number of aromatic hydroxyl groups is 1. The van der Waals surface area contributed by atoms with Gasteiger partial charge in [0.1, 0.15) is 5.75 Å². The molecule has 0 heterocycles. The lowest BCUT2D eigenvalue weighted by Gasteiger charge is -2.32. The van der Waals surface area contributed by atoms with E-state index in [9.17, 15) is 5.11 Å². The fourth-order valence-corrected chi connectivity index (χ4v) is 1.79. The normalized spacial score (nSPS) is 14.0. The van der Waals surface area contributed by atoms with Gasteiger partial charge in [-0.2, -0.15) is 0 Å². The summed E-state index contributed by atoms with van der Waals surface area (Å²) in [4.78, 5) is 0. The molecule has 1 nitrogen and oxygen atoms in total. The molecule has 78 valence electrons. The van der Waals surface area contributed by atoms with E-state index < -0.39 is 0 Å². The molecule has 1 atom stereocenters. The molecule has 0 fully saturated rings. The first-order valence-electron chi connectivity index (χ1n) is 5.28. The Labute approximate surface area is 86.8 Å². The van der Waals surface area contributed by atoms with Gasteiger partial charge in [-0.1, -0.05) is 52.3 Å². The summed E-state index contributed by atoms with van der Waals surface area (Å²) >= 11 is 0. The summed E-state index contributed by atoms with van der Waals surface area (Å²) < 4.78 is 0. The van der Waals surface area contributed by atoms with Crippen LogP contribution in [-0.4, -0.2) is 5.11 Å². The molecule has 14 heavy (non-hydrogen) atoms. The Morgan fingerprint density at radius 1 is 1.29 bits per heavy atom. The lowest BCUT2D eigenvalue weighted by Crippen LogP contribution is -2.26. The third-order valence-corrected chi connectivity index (χ3v) is 3.44. The summed E-state index contributed by atoms with van der Waals surface area (Å²) in [6.45, 7) is 8.80. The number of para-hydroxylation sites is 1. The van der Waals surface area contributed by atoms with Crippen molar-refractivity contribution in [3.8, 4) is 5.75 Å². The van der Waals surface area contributed by atoms with Gasteiger partial charge in [0.05, 0.1) is 0 Å². The molecule has 1 rings (SSSR count). The van der Waals surface area contributed by atoms with Gasteiger partial charge in [-0.3, -0.25) is 0 Å². The fourth-order valence-electron chi connectivity index (χ4n) is 1.79. The van der Waals surface area contributed by atoms with Gasteiger partial charge in [0.15, 0.2) is 0 Å². The summed E-state index contributed by atoms with van der Waals surface area (Å²) in [5.41, 5.74) is 1.09. The maximum absolute atomic E-state index is 9.79. The highest BCUT2D eigenvalue weighted by Crippen LogP contribution is 2.37. The van der Waals surface area contributed by atoms with Crippen LogP contribution in [0.4, 0.5) is 0 Å². The van der Waals surface area contributed by atoms with E-state index in [1.807, 2.05) is 18.2 Å². The van der Waals surface area contributed by atoms with Crippen LogP contribution in [0, 0.1) is 5.92 Å². The number of rotatable bonds is 3. The van der Waals surface area contributed by atoms with Crippen LogP contribution in [-0.2, 0) is 5.41 Å². The number of hydrogen-bond donors (Lipinski definition) is 1.